The molecule has 0 spiro atoms. The summed E-state index contributed by atoms with van der Waals surface area (Å²) in [5.74, 6) is 0.621. The molecule has 1 aliphatic rings. The average molecular weight is 417 g/mol. The standard InChI is InChI=1S/C18H20O2.2C3H8.2C2H6/c19-16-8-4-14(5-9-16)18(12-2-1-3-13-18)15-6-10-17(20)11-7-15;2*1-3-2;2*1-2/h4-11,19-20H,1-3,12-13H2;2*3H2,1-2H3;2*1-2H3. The zero-order valence-electron chi connectivity index (χ0n) is 21.0. The summed E-state index contributed by atoms with van der Waals surface area (Å²) in [6.07, 6.45) is 8.49. The Balaban J connectivity index is 0. The first-order valence-electron chi connectivity index (χ1n) is 12.1. The SMILES string of the molecule is CC.CC.CCC.CCC.Oc1ccc(C2(c3ccc(O)cc3)CCCCC2)cc1. The number of benzene rings is 2. The van der Waals surface area contributed by atoms with Gasteiger partial charge in [-0.1, -0.05) is 112 Å². The van der Waals surface area contributed by atoms with Gasteiger partial charge in [-0.25, -0.2) is 0 Å². The monoisotopic (exact) mass is 416 g/mol. The second-order valence-electron chi connectivity index (χ2n) is 7.15. The van der Waals surface area contributed by atoms with Crippen LogP contribution in [0.4, 0.5) is 0 Å². The van der Waals surface area contributed by atoms with Gasteiger partial charge in [-0.3, -0.25) is 0 Å². The van der Waals surface area contributed by atoms with Gasteiger partial charge in [0.25, 0.3) is 0 Å². The van der Waals surface area contributed by atoms with Crippen LogP contribution in [0.3, 0.4) is 0 Å². The number of rotatable bonds is 2. The third-order valence-corrected chi connectivity index (χ3v) is 4.55. The maximum Gasteiger partial charge on any atom is 0.115 e. The van der Waals surface area contributed by atoms with E-state index >= 15 is 0 Å². The van der Waals surface area contributed by atoms with E-state index < -0.39 is 0 Å². The number of hydrogen-bond donors (Lipinski definition) is 2. The summed E-state index contributed by atoms with van der Waals surface area (Å²) >= 11 is 0. The molecule has 3 rings (SSSR count). The molecule has 2 aromatic rings. The zero-order chi connectivity index (χ0) is 23.4. The van der Waals surface area contributed by atoms with E-state index in [2.05, 4.69) is 27.7 Å². The van der Waals surface area contributed by atoms with E-state index in [0.29, 0.717) is 11.5 Å². The molecule has 172 valence electrons. The molecule has 2 aromatic carbocycles. The van der Waals surface area contributed by atoms with Gasteiger partial charge in [-0.05, 0) is 48.2 Å². The Hall–Kier alpha value is -1.96. The quantitative estimate of drug-likeness (QED) is 0.512. The van der Waals surface area contributed by atoms with Gasteiger partial charge < -0.3 is 10.2 Å². The molecular weight excluding hydrogens is 368 g/mol. The van der Waals surface area contributed by atoms with Crippen molar-refractivity contribution in [2.24, 2.45) is 0 Å². The average Bonchev–Trinajstić information content (AvgIpc) is 2.79. The van der Waals surface area contributed by atoms with E-state index in [4.69, 9.17) is 0 Å². The predicted octanol–water partition coefficient (Wildman–Crippen LogP) is 9.23. The molecule has 30 heavy (non-hydrogen) atoms. The van der Waals surface area contributed by atoms with Gasteiger partial charge >= 0.3 is 0 Å². The fourth-order valence-corrected chi connectivity index (χ4v) is 3.46. The lowest BCUT2D eigenvalue weighted by atomic mass is 9.65. The fraction of sp³-hybridized carbons (Fsp3) is 0.571. The molecule has 0 aromatic heterocycles. The summed E-state index contributed by atoms with van der Waals surface area (Å²) in [6, 6.07) is 15.2. The van der Waals surface area contributed by atoms with Crippen molar-refractivity contribution in [3.8, 4) is 11.5 Å². The van der Waals surface area contributed by atoms with Crippen molar-refractivity contribution in [1.29, 1.82) is 0 Å². The van der Waals surface area contributed by atoms with E-state index in [-0.39, 0.29) is 5.41 Å². The van der Waals surface area contributed by atoms with Gasteiger partial charge in [-0.2, -0.15) is 0 Å². The summed E-state index contributed by atoms with van der Waals surface area (Å²) in [6.45, 7) is 16.5. The lowest BCUT2D eigenvalue weighted by Crippen LogP contribution is -2.30. The molecule has 0 atom stereocenters. The van der Waals surface area contributed by atoms with Crippen LogP contribution in [0, 0.1) is 0 Å². The minimum atomic E-state index is 0.0274. The maximum atomic E-state index is 9.51. The maximum absolute atomic E-state index is 9.51. The third kappa shape index (κ3) is 10.2. The zero-order valence-corrected chi connectivity index (χ0v) is 21.0. The lowest BCUT2D eigenvalue weighted by Gasteiger charge is -2.38. The Kier molecular flexibility index (Phi) is 19.2. The minimum Gasteiger partial charge on any atom is -0.508 e. The van der Waals surface area contributed by atoms with Gasteiger partial charge in [0.05, 0.1) is 0 Å². The molecule has 0 saturated heterocycles. The summed E-state index contributed by atoms with van der Waals surface area (Å²) in [5, 5.41) is 19.0. The van der Waals surface area contributed by atoms with Crippen molar-refractivity contribution in [2.45, 2.75) is 106 Å². The van der Waals surface area contributed by atoms with Crippen molar-refractivity contribution in [1.82, 2.24) is 0 Å². The molecule has 1 fully saturated rings. The van der Waals surface area contributed by atoms with Crippen molar-refractivity contribution in [2.75, 3.05) is 0 Å². The summed E-state index contributed by atoms with van der Waals surface area (Å²) < 4.78 is 0. The van der Waals surface area contributed by atoms with E-state index in [1.165, 1.54) is 43.2 Å². The molecule has 2 heteroatoms. The Morgan fingerprint density at radius 3 is 1.10 bits per heavy atom. The highest BCUT2D eigenvalue weighted by molar-refractivity contribution is 5.43. The van der Waals surface area contributed by atoms with E-state index in [1.807, 2.05) is 52.0 Å². The highest BCUT2D eigenvalue weighted by atomic mass is 16.3. The Morgan fingerprint density at radius 1 is 0.567 bits per heavy atom. The Labute approximate surface area is 187 Å². The second-order valence-corrected chi connectivity index (χ2v) is 7.15. The highest BCUT2D eigenvalue weighted by Gasteiger charge is 2.35. The van der Waals surface area contributed by atoms with Crippen LogP contribution in [0.5, 0.6) is 11.5 Å². The lowest BCUT2D eigenvalue weighted by molar-refractivity contribution is 0.345. The van der Waals surface area contributed by atoms with Crippen molar-refractivity contribution in [3.05, 3.63) is 59.7 Å². The summed E-state index contributed by atoms with van der Waals surface area (Å²) in [5.41, 5.74) is 2.56. The Morgan fingerprint density at radius 2 is 0.833 bits per heavy atom. The first-order chi connectivity index (χ1) is 14.5. The van der Waals surface area contributed by atoms with Gasteiger partial charge in [0, 0.05) is 5.41 Å². The van der Waals surface area contributed by atoms with Crippen molar-refractivity contribution < 1.29 is 10.2 Å². The first-order valence-corrected chi connectivity index (χ1v) is 12.1. The third-order valence-electron chi connectivity index (χ3n) is 4.55. The normalized spacial score (nSPS) is 13.5. The fourth-order valence-electron chi connectivity index (χ4n) is 3.46. The number of phenols is 2. The molecule has 2 N–H and O–H groups in total. The van der Waals surface area contributed by atoms with Crippen LogP contribution in [0.2, 0.25) is 0 Å². The van der Waals surface area contributed by atoms with Crippen LogP contribution >= 0.6 is 0 Å². The highest BCUT2D eigenvalue weighted by Crippen LogP contribution is 2.45. The number of hydrogen-bond acceptors (Lipinski definition) is 2. The molecule has 0 radical (unpaired) electrons. The predicted molar refractivity (Wildman–Crippen MR) is 135 cm³/mol. The number of phenolic OH excluding ortho intramolecular Hbond substituents is 2. The van der Waals surface area contributed by atoms with Gasteiger partial charge in [-0.15, -0.1) is 0 Å². The molecule has 0 heterocycles. The first kappa shape index (κ1) is 30.2. The van der Waals surface area contributed by atoms with Crippen LogP contribution in [-0.2, 0) is 5.41 Å². The molecule has 0 bridgehead atoms. The van der Waals surface area contributed by atoms with E-state index in [0.717, 1.165) is 12.8 Å². The van der Waals surface area contributed by atoms with Gasteiger partial charge in [0.1, 0.15) is 11.5 Å². The number of aromatic hydroxyl groups is 2. The minimum absolute atomic E-state index is 0.0274. The molecule has 0 amide bonds. The smallest absolute Gasteiger partial charge is 0.115 e. The van der Waals surface area contributed by atoms with E-state index in [1.54, 1.807) is 24.3 Å². The molecule has 1 aliphatic carbocycles. The molecule has 0 unspecified atom stereocenters. The van der Waals surface area contributed by atoms with Gasteiger partial charge in [0.15, 0.2) is 0 Å². The van der Waals surface area contributed by atoms with Crippen LogP contribution in [-0.4, -0.2) is 10.2 Å². The molecule has 2 nitrogen and oxygen atoms in total. The summed E-state index contributed by atoms with van der Waals surface area (Å²) in [4.78, 5) is 0. The molecule has 0 aliphatic heterocycles. The second kappa shape index (κ2) is 19.0. The van der Waals surface area contributed by atoms with Crippen molar-refractivity contribution in [3.63, 3.8) is 0 Å². The molecule has 1 saturated carbocycles. The van der Waals surface area contributed by atoms with Crippen molar-refractivity contribution >= 4 is 0 Å². The van der Waals surface area contributed by atoms with Crippen LogP contribution < -0.4 is 0 Å². The van der Waals surface area contributed by atoms with Crippen LogP contribution in [0.1, 0.15) is 111 Å². The molecular formula is C28H48O2. The summed E-state index contributed by atoms with van der Waals surface area (Å²) in [7, 11) is 0. The topological polar surface area (TPSA) is 40.5 Å². The Bertz CT molecular complexity index is 544. The van der Waals surface area contributed by atoms with Crippen LogP contribution in [0.25, 0.3) is 0 Å². The van der Waals surface area contributed by atoms with Crippen LogP contribution in [0.15, 0.2) is 48.5 Å². The van der Waals surface area contributed by atoms with Gasteiger partial charge in [0.2, 0.25) is 0 Å². The largest absolute Gasteiger partial charge is 0.508 e. The van der Waals surface area contributed by atoms with E-state index in [9.17, 15) is 10.2 Å².